The summed E-state index contributed by atoms with van der Waals surface area (Å²) in [4.78, 5) is 25.1. The van der Waals surface area contributed by atoms with E-state index in [-0.39, 0.29) is 29.3 Å². The Hall–Kier alpha value is -2.13. The maximum absolute atomic E-state index is 12.2. The first-order valence-electron chi connectivity index (χ1n) is 7.86. The van der Waals surface area contributed by atoms with Crippen molar-refractivity contribution in [1.82, 2.24) is 15.4 Å². The van der Waals surface area contributed by atoms with Crippen LogP contribution in [0.2, 0.25) is 0 Å². The third-order valence-electron chi connectivity index (χ3n) is 4.33. The Kier molecular flexibility index (Phi) is 5.94. The van der Waals surface area contributed by atoms with Crippen molar-refractivity contribution in [2.45, 2.75) is 26.2 Å². The van der Waals surface area contributed by atoms with Crippen LogP contribution >= 0.6 is 0 Å². The summed E-state index contributed by atoms with van der Waals surface area (Å²) in [7, 11) is 1.73. The predicted octanol–water partition coefficient (Wildman–Crippen LogP) is 1.13. The molecular weight excluding hydrogens is 294 g/mol. The summed E-state index contributed by atoms with van der Waals surface area (Å²) < 4.78 is 5.04. The van der Waals surface area contributed by atoms with Crippen LogP contribution in [0.1, 0.15) is 36.0 Å². The minimum absolute atomic E-state index is 0.0735. The highest BCUT2D eigenvalue weighted by molar-refractivity contribution is 5.91. The Bertz CT molecular complexity index is 602. The highest BCUT2D eigenvalue weighted by Crippen LogP contribution is 2.26. The lowest BCUT2D eigenvalue weighted by Crippen LogP contribution is -2.40. The maximum Gasteiger partial charge on any atom is 0.223 e. The minimum Gasteiger partial charge on any atom is -0.353 e. The third kappa shape index (κ3) is 4.67. The number of carbonyl (C=O) groups is 2. The van der Waals surface area contributed by atoms with Gasteiger partial charge in [-0.3, -0.25) is 9.59 Å². The molecule has 1 aliphatic heterocycles. The fourth-order valence-corrected chi connectivity index (χ4v) is 2.93. The molecule has 124 valence electrons. The highest BCUT2D eigenvalue weighted by atomic mass is 16.5. The van der Waals surface area contributed by atoms with E-state index in [2.05, 4.69) is 16.4 Å². The molecule has 1 aromatic heterocycles. The smallest absolute Gasteiger partial charge is 0.223 e. The summed E-state index contributed by atoms with van der Waals surface area (Å²) >= 11 is 0. The van der Waals surface area contributed by atoms with E-state index in [9.17, 15) is 9.59 Å². The van der Waals surface area contributed by atoms with Crippen LogP contribution in [0.15, 0.2) is 10.6 Å². The van der Waals surface area contributed by atoms with Crippen LogP contribution in [0, 0.1) is 24.2 Å². The molecule has 0 spiro atoms. The van der Waals surface area contributed by atoms with Gasteiger partial charge in [0.25, 0.3) is 0 Å². The lowest BCUT2D eigenvalue weighted by Gasteiger charge is -2.32. The van der Waals surface area contributed by atoms with Crippen molar-refractivity contribution in [2.75, 3.05) is 26.7 Å². The Morgan fingerprint density at radius 3 is 2.96 bits per heavy atom. The average molecular weight is 317 g/mol. The number of rotatable bonds is 6. The molecule has 2 atom stereocenters. The van der Waals surface area contributed by atoms with Crippen molar-refractivity contribution in [3.63, 3.8) is 0 Å². The number of terminal acetylenes is 1. The molecule has 2 rings (SSSR count). The van der Waals surface area contributed by atoms with E-state index < -0.39 is 0 Å². The summed E-state index contributed by atoms with van der Waals surface area (Å²) in [5.74, 6) is 3.28. The fraction of sp³-hybridized carbons (Fsp3) is 0.588. The monoisotopic (exact) mass is 317 g/mol. The SMILES string of the molecule is C#CCN(C)C(=O)CC1CCNCC1Cc1cc(C(C)=O)on1. The standard InChI is InChI=1S/C17H23N3O3/c1-4-7-20(3)17(22)9-13-5-6-18-11-14(13)8-15-10-16(12(2)21)23-19-15/h1,10,13-14,18H,5-9,11H2,2-3H3. The van der Waals surface area contributed by atoms with Crippen molar-refractivity contribution in [2.24, 2.45) is 11.8 Å². The van der Waals surface area contributed by atoms with E-state index in [1.807, 2.05) is 0 Å². The van der Waals surface area contributed by atoms with Crippen molar-refractivity contribution in [3.05, 3.63) is 17.5 Å². The first kappa shape index (κ1) is 17.2. The normalized spacial score (nSPS) is 20.7. The number of piperidine rings is 1. The first-order chi connectivity index (χ1) is 11.0. The molecular formula is C17H23N3O3. The van der Waals surface area contributed by atoms with E-state index in [0.717, 1.165) is 25.2 Å². The van der Waals surface area contributed by atoms with Crippen LogP contribution in [0.5, 0.6) is 0 Å². The van der Waals surface area contributed by atoms with Crippen LogP contribution in [0.25, 0.3) is 0 Å². The van der Waals surface area contributed by atoms with Crippen LogP contribution < -0.4 is 5.32 Å². The van der Waals surface area contributed by atoms with Gasteiger partial charge in [-0.1, -0.05) is 11.1 Å². The molecule has 0 aromatic carbocycles. The molecule has 1 aromatic rings. The summed E-state index contributed by atoms with van der Waals surface area (Å²) in [6.07, 6.45) is 7.38. The van der Waals surface area contributed by atoms with E-state index >= 15 is 0 Å². The Labute approximate surface area is 136 Å². The minimum atomic E-state index is -0.131. The lowest BCUT2D eigenvalue weighted by atomic mass is 9.81. The zero-order valence-corrected chi connectivity index (χ0v) is 13.7. The highest BCUT2D eigenvalue weighted by Gasteiger charge is 2.29. The van der Waals surface area contributed by atoms with Crippen LogP contribution in [-0.2, 0) is 11.2 Å². The molecule has 0 saturated carbocycles. The molecule has 6 nitrogen and oxygen atoms in total. The molecule has 0 radical (unpaired) electrons. The maximum atomic E-state index is 12.2. The number of aromatic nitrogens is 1. The van der Waals surface area contributed by atoms with Gasteiger partial charge in [0.15, 0.2) is 5.78 Å². The van der Waals surface area contributed by atoms with Gasteiger partial charge in [0.1, 0.15) is 0 Å². The molecule has 1 amide bonds. The number of amides is 1. The zero-order valence-electron chi connectivity index (χ0n) is 13.7. The van der Waals surface area contributed by atoms with E-state index in [4.69, 9.17) is 10.9 Å². The molecule has 1 fully saturated rings. The second-order valence-corrected chi connectivity index (χ2v) is 6.11. The van der Waals surface area contributed by atoms with Crippen LogP contribution in [0.3, 0.4) is 0 Å². The van der Waals surface area contributed by atoms with Gasteiger partial charge in [0.05, 0.1) is 12.2 Å². The van der Waals surface area contributed by atoms with Crippen molar-refractivity contribution in [3.8, 4) is 12.3 Å². The second kappa shape index (κ2) is 7.93. The fourth-order valence-electron chi connectivity index (χ4n) is 2.93. The molecule has 1 saturated heterocycles. The molecule has 1 aliphatic rings. The molecule has 0 aliphatic carbocycles. The molecule has 23 heavy (non-hydrogen) atoms. The summed E-state index contributed by atoms with van der Waals surface area (Å²) in [5.41, 5.74) is 0.762. The Morgan fingerprint density at radius 1 is 1.52 bits per heavy atom. The number of Topliss-reactive ketones (excluding diaryl/α,β-unsaturated/α-hetero) is 1. The van der Waals surface area contributed by atoms with Gasteiger partial charge in [-0.05, 0) is 37.8 Å². The van der Waals surface area contributed by atoms with Gasteiger partial charge < -0.3 is 14.7 Å². The number of hydrogen-bond donors (Lipinski definition) is 1. The van der Waals surface area contributed by atoms with Gasteiger partial charge in [-0.2, -0.15) is 0 Å². The largest absolute Gasteiger partial charge is 0.353 e. The average Bonchev–Trinajstić information content (AvgIpc) is 2.98. The zero-order chi connectivity index (χ0) is 16.8. The van der Waals surface area contributed by atoms with Crippen molar-refractivity contribution < 1.29 is 14.1 Å². The summed E-state index contributed by atoms with van der Waals surface area (Å²) in [5, 5.41) is 7.32. The number of ketones is 1. The van der Waals surface area contributed by atoms with Gasteiger partial charge in [0, 0.05) is 26.5 Å². The summed E-state index contributed by atoms with van der Waals surface area (Å²) in [6.45, 7) is 3.53. The molecule has 2 unspecified atom stereocenters. The predicted molar refractivity (Wildman–Crippen MR) is 85.8 cm³/mol. The topological polar surface area (TPSA) is 75.4 Å². The molecule has 2 heterocycles. The van der Waals surface area contributed by atoms with Gasteiger partial charge in [-0.15, -0.1) is 6.42 Å². The quantitative estimate of drug-likeness (QED) is 0.629. The van der Waals surface area contributed by atoms with E-state index in [1.54, 1.807) is 18.0 Å². The number of nitrogens with zero attached hydrogens (tertiary/aromatic N) is 2. The van der Waals surface area contributed by atoms with Crippen molar-refractivity contribution >= 4 is 11.7 Å². The Morgan fingerprint density at radius 2 is 2.30 bits per heavy atom. The third-order valence-corrected chi connectivity index (χ3v) is 4.33. The molecule has 6 heteroatoms. The van der Waals surface area contributed by atoms with Gasteiger partial charge >= 0.3 is 0 Å². The molecule has 0 bridgehead atoms. The number of nitrogens with one attached hydrogen (secondary N) is 1. The lowest BCUT2D eigenvalue weighted by molar-refractivity contribution is -0.131. The van der Waals surface area contributed by atoms with Crippen molar-refractivity contribution in [1.29, 1.82) is 0 Å². The van der Waals surface area contributed by atoms with Gasteiger partial charge in [-0.25, -0.2) is 0 Å². The Balaban J connectivity index is 1.99. The summed E-state index contributed by atoms with van der Waals surface area (Å²) in [6, 6.07) is 1.69. The second-order valence-electron chi connectivity index (χ2n) is 6.11. The number of carbonyl (C=O) groups excluding carboxylic acids is 2. The molecule has 1 N–H and O–H groups in total. The number of hydrogen-bond acceptors (Lipinski definition) is 5. The first-order valence-corrected chi connectivity index (χ1v) is 7.86. The van der Waals surface area contributed by atoms with E-state index in [0.29, 0.717) is 19.4 Å². The van der Waals surface area contributed by atoms with Crippen LogP contribution in [-0.4, -0.2) is 48.4 Å². The van der Waals surface area contributed by atoms with E-state index in [1.165, 1.54) is 6.92 Å². The van der Waals surface area contributed by atoms with Crippen LogP contribution in [0.4, 0.5) is 0 Å². The van der Waals surface area contributed by atoms with Gasteiger partial charge in [0.2, 0.25) is 11.7 Å².